The molecule has 0 aliphatic heterocycles. The Morgan fingerprint density at radius 2 is 1.95 bits per heavy atom. The van der Waals surface area contributed by atoms with E-state index in [2.05, 4.69) is 10.1 Å². The van der Waals surface area contributed by atoms with Gasteiger partial charge in [0.2, 0.25) is 0 Å². The van der Waals surface area contributed by atoms with E-state index in [1.54, 1.807) is 6.07 Å². The highest BCUT2D eigenvalue weighted by molar-refractivity contribution is 5.28. The minimum Gasteiger partial charge on any atom is -0.406 e. The van der Waals surface area contributed by atoms with E-state index in [1.807, 2.05) is 0 Å². The smallest absolute Gasteiger partial charge is 0.406 e. The normalized spacial score (nSPS) is 18.2. The molecule has 1 aliphatic carbocycles. The van der Waals surface area contributed by atoms with Crippen molar-refractivity contribution in [1.82, 2.24) is 5.32 Å². The number of nitrogens with one attached hydrogen (secondary N) is 1. The molecule has 1 aliphatic rings. The fourth-order valence-corrected chi connectivity index (χ4v) is 2.58. The molecular formula is C14H18F3NO2. The van der Waals surface area contributed by atoms with Crippen LogP contribution in [0.5, 0.6) is 5.75 Å². The van der Waals surface area contributed by atoms with Crippen LogP contribution in [0.25, 0.3) is 0 Å². The Balaban J connectivity index is 1.97. The Labute approximate surface area is 115 Å². The van der Waals surface area contributed by atoms with Crippen LogP contribution in [-0.2, 0) is 6.54 Å². The van der Waals surface area contributed by atoms with Crippen LogP contribution in [0.4, 0.5) is 13.2 Å². The number of aliphatic hydroxyl groups excluding tert-OH is 1. The lowest BCUT2D eigenvalue weighted by Gasteiger charge is -2.28. The van der Waals surface area contributed by atoms with Crippen LogP contribution in [0, 0.1) is 0 Å². The summed E-state index contributed by atoms with van der Waals surface area (Å²) in [6.45, 7) is 0.460. The summed E-state index contributed by atoms with van der Waals surface area (Å²) in [7, 11) is 0. The van der Waals surface area contributed by atoms with Gasteiger partial charge in [-0.2, -0.15) is 0 Å². The van der Waals surface area contributed by atoms with Crippen molar-refractivity contribution in [2.45, 2.75) is 44.1 Å². The van der Waals surface area contributed by atoms with E-state index < -0.39 is 6.36 Å². The van der Waals surface area contributed by atoms with E-state index in [4.69, 9.17) is 0 Å². The molecule has 0 radical (unpaired) electrons. The minimum absolute atomic E-state index is 0.0474. The van der Waals surface area contributed by atoms with E-state index in [1.165, 1.54) is 18.2 Å². The highest BCUT2D eigenvalue weighted by atomic mass is 19.4. The standard InChI is InChI=1S/C14H18F3NO2/c15-14(16,17)20-12-5-3-4-11(8-12)9-18-13(10-19)6-1-2-7-13/h3-5,8,18-19H,1-2,6-7,9-10H2. The topological polar surface area (TPSA) is 41.5 Å². The van der Waals surface area contributed by atoms with Gasteiger partial charge in [0.05, 0.1) is 6.61 Å². The Hall–Kier alpha value is -1.27. The number of hydrogen-bond donors (Lipinski definition) is 2. The maximum Gasteiger partial charge on any atom is 0.573 e. The van der Waals surface area contributed by atoms with Crippen molar-refractivity contribution in [1.29, 1.82) is 0 Å². The number of halogens is 3. The van der Waals surface area contributed by atoms with Gasteiger partial charge < -0.3 is 15.2 Å². The van der Waals surface area contributed by atoms with Gasteiger partial charge in [-0.15, -0.1) is 13.2 Å². The van der Waals surface area contributed by atoms with E-state index in [0.29, 0.717) is 12.1 Å². The summed E-state index contributed by atoms with van der Waals surface area (Å²) in [5.41, 5.74) is 0.410. The molecule has 0 unspecified atom stereocenters. The summed E-state index contributed by atoms with van der Waals surface area (Å²) in [5, 5.41) is 12.7. The second kappa shape index (κ2) is 6.01. The molecule has 1 aromatic carbocycles. The Morgan fingerprint density at radius 3 is 2.55 bits per heavy atom. The molecule has 20 heavy (non-hydrogen) atoms. The number of ether oxygens (including phenoxy) is 1. The van der Waals surface area contributed by atoms with Gasteiger partial charge in [0.15, 0.2) is 0 Å². The van der Waals surface area contributed by atoms with Crippen LogP contribution >= 0.6 is 0 Å². The van der Waals surface area contributed by atoms with Crippen molar-refractivity contribution in [2.24, 2.45) is 0 Å². The summed E-state index contributed by atoms with van der Waals surface area (Å²) in [4.78, 5) is 0. The Bertz CT molecular complexity index is 442. The van der Waals surface area contributed by atoms with Crippen LogP contribution < -0.4 is 10.1 Å². The molecule has 112 valence electrons. The maximum absolute atomic E-state index is 12.1. The molecular weight excluding hydrogens is 271 g/mol. The molecule has 0 saturated heterocycles. The van der Waals surface area contributed by atoms with Gasteiger partial charge in [0.1, 0.15) is 5.75 Å². The van der Waals surface area contributed by atoms with Gasteiger partial charge in [-0.3, -0.25) is 0 Å². The monoisotopic (exact) mass is 289 g/mol. The first-order chi connectivity index (χ1) is 9.42. The first-order valence-corrected chi connectivity index (χ1v) is 6.63. The highest BCUT2D eigenvalue weighted by Gasteiger charge is 2.33. The minimum atomic E-state index is -4.68. The molecule has 0 amide bonds. The summed E-state index contributed by atoms with van der Waals surface area (Å²) >= 11 is 0. The number of benzene rings is 1. The van der Waals surface area contributed by atoms with E-state index in [-0.39, 0.29) is 17.9 Å². The molecule has 0 spiro atoms. The number of alkyl halides is 3. The molecule has 2 rings (SSSR count). The zero-order valence-electron chi connectivity index (χ0n) is 11.0. The van der Waals surface area contributed by atoms with Crippen LogP contribution in [0.3, 0.4) is 0 Å². The fraction of sp³-hybridized carbons (Fsp3) is 0.571. The van der Waals surface area contributed by atoms with Gasteiger partial charge >= 0.3 is 6.36 Å². The maximum atomic E-state index is 12.1. The van der Waals surface area contributed by atoms with Gasteiger partial charge in [-0.1, -0.05) is 25.0 Å². The molecule has 0 bridgehead atoms. The Morgan fingerprint density at radius 1 is 1.25 bits per heavy atom. The molecule has 0 atom stereocenters. The Kier molecular flexibility index (Phi) is 4.55. The van der Waals surface area contributed by atoms with Gasteiger partial charge in [0.25, 0.3) is 0 Å². The SMILES string of the molecule is OCC1(NCc2cccc(OC(F)(F)F)c2)CCCC1. The lowest BCUT2D eigenvalue weighted by atomic mass is 9.98. The van der Waals surface area contributed by atoms with E-state index >= 15 is 0 Å². The first-order valence-electron chi connectivity index (χ1n) is 6.63. The summed E-state index contributed by atoms with van der Waals surface area (Å²) in [5.74, 6) is -0.221. The molecule has 1 saturated carbocycles. The van der Waals surface area contributed by atoms with Gasteiger partial charge in [-0.05, 0) is 30.5 Å². The molecule has 2 N–H and O–H groups in total. The molecule has 1 fully saturated rings. The van der Waals surface area contributed by atoms with Crippen LogP contribution in [0.2, 0.25) is 0 Å². The summed E-state index contributed by atoms with van der Waals surface area (Å²) in [6.07, 6.45) is -0.774. The number of aliphatic hydroxyl groups is 1. The van der Waals surface area contributed by atoms with Crippen molar-refractivity contribution in [3.8, 4) is 5.75 Å². The van der Waals surface area contributed by atoms with Crippen LogP contribution in [-0.4, -0.2) is 23.6 Å². The predicted octanol–water partition coefficient (Wildman–Crippen LogP) is 2.98. The van der Waals surface area contributed by atoms with Crippen molar-refractivity contribution in [3.05, 3.63) is 29.8 Å². The molecule has 6 heteroatoms. The third kappa shape index (κ3) is 4.11. The van der Waals surface area contributed by atoms with E-state index in [9.17, 15) is 18.3 Å². The zero-order valence-corrected chi connectivity index (χ0v) is 11.0. The van der Waals surface area contributed by atoms with Crippen molar-refractivity contribution in [3.63, 3.8) is 0 Å². The lowest BCUT2D eigenvalue weighted by molar-refractivity contribution is -0.274. The van der Waals surface area contributed by atoms with Crippen LogP contribution in [0.15, 0.2) is 24.3 Å². The largest absolute Gasteiger partial charge is 0.573 e. The summed E-state index contributed by atoms with van der Waals surface area (Å²) < 4.78 is 40.3. The zero-order chi connectivity index (χ0) is 14.6. The average molecular weight is 289 g/mol. The first kappa shape index (κ1) is 15.1. The second-order valence-corrected chi connectivity index (χ2v) is 5.19. The van der Waals surface area contributed by atoms with E-state index in [0.717, 1.165) is 25.7 Å². The van der Waals surface area contributed by atoms with Crippen molar-refractivity contribution < 1.29 is 23.0 Å². The number of rotatable bonds is 5. The van der Waals surface area contributed by atoms with Crippen molar-refractivity contribution in [2.75, 3.05) is 6.61 Å². The number of hydrogen-bond acceptors (Lipinski definition) is 3. The van der Waals surface area contributed by atoms with Gasteiger partial charge in [0, 0.05) is 12.1 Å². The quantitative estimate of drug-likeness (QED) is 0.875. The molecule has 3 nitrogen and oxygen atoms in total. The third-order valence-electron chi connectivity index (χ3n) is 3.66. The third-order valence-corrected chi connectivity index (χ3v) is 3.66. The second-order valence-electron chi connectivity index (χ2n) is 5.19. The molecule has 0 heterocycles. The molecule has 1 aromatic rings. The molecule has 0 aromatic heterocycles. The summed E-state index contributed by atoms with van der Waals surface area (Å²) in [6, 6.07) is 5.89. The predicted molar refractivity (Wildman–Crippen MR) is 68.2 cm³/mol. The lowest BCUT2D eigenvalue weighted by Crippen LogP contribution is -2.45. The average Bonchev–Trinajstić information content (AvgIpc) is 2.84. The van der Waals surface area contributed by atoms with Gasteiger partial charge in [-0.25, -0.2) is 0 Å². The van der Waals surface area contributed by atoms with Crippen LogP contribution in [0.1, 0.15) is 31.2 Å². The highest BCUT2D eigenvalue weighted by Crippen LogP contribution is 2.30. The van der Waals surface area contributed by atoms with Crippen molar-refractivity contribution >= 4 is 0 Å². The fourth-order valence-electron chi connectivity index (χ4n) is 2.58.